The molecule has 12 heteroatoms. The first-order chi connectivity index (χ1) is 8.85. The van der Waals surface area contributed by atoms with Gasteiger partial charge in [-0.05, 0) is 26.2 Å². The summed E-state index contributed by atoms with van der Waals surface area (Å²) >= 11 is 0. The average Bonchev–Trinajstić information content (AvgIpc) is 2.98. The Morgan fingerprint density at radius 2 is 1.61 bits per heavy atom. The Kier molecular flexibility index (Phi) is 50.8. The van der Waals surface area contributed by atoms with E-state index in [-0.39, 0.29) is 27.2 Å². The number of carbonyl (C=O) groups excluding carboxylic acids is 1. The molecule has 1 aromatic heterocycles. The van der Waals surface area contributed by atoms with Gasteiger partial charge >= 0.3 is 0 Å². The molecule has 1 heterocycles. The van der Waals surface area contributed by atoms with Crippen molar-refractivity contribution >= 4 is 20.2 Å². The lowest BCUT2D eigenvalue weighted by Gasteiger charge is -1.93. The smallest absolute Gasteiger partial charge is 0.258 e. The standard InChI is InChI=1S/C7H6N2O.C2H3N3.C2H7N.BH3.4FH/c10-6-8-9-7-4-2-1-3-5-7;1-2-4-5-3-1;1-3-2;;;;;/h1-5,9H;1-2H,(H,3,4,5);3H,1-2H3;1H3;4*1H. The highest BCUT2D eigenvalue weighted by molar-refractivity contribution is 5.75. The minimum Gasteiger partial charge on any atom is -0.323 e. The Balaban J connectivity index is -0.0000000487. The Labute approximate surface area is 133 Å². The first-order valence-corrected chi connectivity index (χ1v) is 5.12. The minimum absolute atomic E-state index is 0. The molecule has 0 radical (unpaired) electrons. The van der Waals surface area contributed by atoms with Gasteiger partial charge in [0.15, 0.2) is 0 Å². The third kappa shape index (κ3) is 28.2. The summed E-state index contributed by atoms with van der Waals surface area (Å²) in [6.45, 7) is 0. The van der Waals surface area contributed by atoms with Gasteiger partial charge in [0, 0.05) is 6.20 Å². The molecule has 0 atom stereocenters. The summed E-state index contributed by atoms with van der Waals surface area (Å²) in [7, 11) is 3.75. The van der Waals surface area contributed by atoms with Crippen LogP contribution in [0.2, 0.25) is 0 Å². The number of hydrazone groups is 1. The lowest BCUT2D eigenvalue weighted by Crippen LogP contribution is -1.89. The average molecular weight is 342 g/mol. The third-order valence-corrected chi connectivity index (χ3v) is 1.34. The highest BCUT2D eigenvalue weighted by Crippen LogP contribution is 2.03. The van der Waals surface area contributed by atoms with E-state index in [4.69, 9.17) is 0 Å². The number of isocyanates is 1. The molecule has 0 aliphatic carbocycles. The second kappa shape index (κ2) is 31.6. The highest BCUT2D eigenvalue weighted by Gasteiger charge is 1.82. The number of rotatable bonds is 2. The van der Waals surface area contributed by atoms with E-state index < -0.39 is 0 Å². The monoisotopic (exact) mass is 342 g/mol. The van der Waals surface area contributed by atoms with Gasteiger partial charge < -0.3 is 5.32 Å². The van der Waals surface area contributed by atoms with Crippen LogP contribution >= 0.6 is 0 Å². The molecule has 0 aliphatic rings. The van der Waals surface area contributed by atoms with E-state index in [0.29, 0.717) is 0 Å². The molecular weight excluding hydrogens is 319 g/mol. The number of halogens is 4. The fraction of sp³-hybridized carbons (Fsp3) is 0.182. The number of nitrogens with zero attached hydrogens (tertiary/aromatic N) is 3. The quantitative estimate of drug-likeness (QED) is 0.242. The molecular formula is C11H23BF4N6O. The minimum atomic E-state index is 0. The van der Waals surface area contributed by atoms with Crippen molar-refractivity contribution in [3.63, 3.8) is 0 Å². The lowest BCUT2D eigenvalue weighted by atomic mass is 10.3. The lowest BCUT2D eigenvalue weighted by molar-refractivity contribution is 0.564. The number of aromatic amines is 1. The molecule has 134 valence electrons. The van der Waals surface area contributed by atoms with E-state index in [2.05, 4.69) is 31.3 Å². The largest absolute Gasteiger partial charge is 0.323 e. The molecule has 2 rings (SSSR count). The van der Waals surface area contributed by atoms with Gasteiger partial charge in [-0.15, -0.1) is 5.10 Å². The highest BCUT2D eigenvalue weighted by atomic mass is 19.0. The van der Waals surface area contributed by atoms with Crippen LogP contribution in [0.25, 0.3) is 0 Å². The predicted molar refractivity (Wildman–Crippen MR) is 89.5 cm³/mol. The Hall–Kier alpha value is -2.72. The number of para-hydroxylation sites is 1. The van der Waals surface area contributed by atoms with Crippen LogP contribution in [0.1, 0.15) is 0 Å². The number of H-pyrrole nitrogens is 1. The predicted octanol–water partition coefficient (Wildman–Crippen LogP) is 0.416. The fourth-order valence-electron chi connectivity index (χ4n) is 0.767. The van der Waals surface area contributed by atoms with Crippen molar-refractivity contribution in [2.75, 3.05) is 19.5 Å². The van der Waals surface area contributed by atoms with Crippen molar-refractivity contribution in [2.45, 2.75) is 0 Å². The Morgan fingerprint density at radius 3 is 1.91 bits per heavy atom. The molecule has 7 nitrogen and oxygen atoms in total. The zero-order valence-corrected chi connectivity index (χ0v) is 11.9. The summed E-state index contributed by atoms with van der Waals surface area (Å²) in [6.07, 6.45) is 4.62. The van der Waals surface area contributed by atoms with Crippen LogP contribution in [-0.2, 0) is 4.79 Å². The zero-order valence-electron chi connectivity index (χ0n) is 11.9. The zero-order chi connectivity index (χ0) is 13.5. The molecule has 2 aromatic rings. The number of benzene rings is 1. The van der Waals surface area contributed by atoms with Gasteiger partial charge in [-0.2, -0.15) is 0 Å². The van der Waals surface area contributed by atoms with E-state index in [9.17, 15) is 4.79 Å². The van der Waals surface area contributed by atoms with Gasteiger partial charge in [-0.1, -0.05) is 28.5 Å². The van der Waals surface area contributed by atoms with Crippen molar-refractivity contribution < 1.29 is 23.6 Å². The van der Waals surface area contributed by atoms with Gasteiger partial charge in [0.25, 0.3) is 6.08 Å². The molecule has 0 bridgehead atoms. The SMILES string of the molecule is B.CNC.F.F.F.F.O=C=NNc1ccccc1.c1c[nH]nn1. The summed E-state index contributed by atoms with van der Waals surface area (Å²) < 4.78 is 0. The van der Waals surface area contributed by atoms with E-state index in [1.807, 2.05) is 32.3 Å². The number of anilines is 1. The van der Waals surface area contributed by atoms with Crippen LogP contribution in [-0.4, -0.2) is 44.0 Å². The molecule has 0 aliphatic heterocycles. The van der Waals surface area contributed by atoms with Gasteiger partial charge in [0.05, 0.1) is 20.3 Å². The van der Waals surface area contributed by atoms with Crippen molar-refractivity contribution in [3.8, 4) is 0 Å². The number of nitrogens with one attached hydrogen (secondary N) is 3. The van der Waals surface area contributed by atoms with Crippen molar-refractivity contribution in [2.24, 2.45) is 5.10 Å². The summed E-state index contributed by atoms with van der Waals surface area (Å²) in [6, 6.07) is 9.20. The number of aromatic nitrogens is 3. The fourth-order valence-corrected chi connectivity index (χ4v) is 0.767. The summed E-state index contributed by atoms with van der Waals surface area (Å²) in [5.41, 5.74) is 3.28. The van der Waals surface area contributed by atoms with E-state index in [1.165, 1.54) is 6.08 Å². The summed E-state index contributed by atoms with van der Waals surface area (Å²) in [5, 5.41) is 15.2. The van der Waals surface area contributed by atoms with Gasteiger partial charge in [0.2, 0.25) is 0 Å². The molecule has 23 heavy (non-hydrogen) atoms. The topological polar surface area (TPSA) is 95.1 Å². The molecule has 0 saturated heterocycles. The van der Waals surface area contributed by atoms with Crippen LogP contribution in [0.5, 0.6) is 0 Å². The Bertz CT molecular complexity index is 414. The maximum absolute atomic E-state index is 9.62. The van der Waals surface area contributed by atoms with E-state index in [0.717, 1.165) is 5.69 Å². The molecule has 1 aromatic carbocycles. The molecule has 0 spiro atoms. The second-order valence-electron chi connectivity index (χ2n) is 2.84. The maximum Gasteiger partial charge on any atom is 0.258 e. The van der Waals surface area contributed by atoms with Crippen molar-refractivity contribution in [3.05, 3.63) is 42.7 Å². The first kappa shape index (κ1) is 37.0. The van der Waals surface area contributed by atoms with Gasteiger partial charge in [0.1, 0.15) is 0 Å². The van der Waals surface area contributed by atoms with E-state index in [1.54, 1.807) is 24.5 Å². The van der Waals surface area contributed by atoms with Crippen LogP contribution in [0.3, 0.4) is 0 Å². The van der Waals surface area contributed by atoms with Crippen molar-refractivity contribution in [1.29, 1.82) is 0 Å². The first-order valence-electron chi connectivity index (χ1n) is 5.12. The van der Waals surface area contributed by atoms with Crippen LogP contribution in [0.15, 0.2) is 47.8 Å². The van der Waals surface area contributed by atoms with Gasteiger partial charge in [-0.25, -0.2) is 4.79 Å². The maximum atomic E-state index is 9.62. The molecule has 0 unspecified atom stereocenters. The number of hydrogen-bond acceptors (Lipinski definition) is 6. The molecule has 0 amide bonds. The second-order valence-corrected chi connectivity index (χ2v) is 2.84. The van der Waals surface area contributed by atoms with Gasteiger partial charge in [-0.3, -0.25) is 29.3 Å². The summed E-state index contributed by atoms with van der Waals surface area (Å²) in [5.74, 6) is 0. The van der Waals surface area contributed by atoms with Crippen LogP contribution in [0.4, 0.5) is 24.5 Å². The summed E-state index contributed by atoms with van der Waals surface area (Å²) in [4.78, 5) is 9.62. The van der Waals surface area contributed by atoms with E-state index >= 15 is 0 Å². The molecule has 0 fully saturated rings. The third-order valence-electron chi connectivity index (χ3n) is 1.34. The number of hydrogen-bond donors (Lipinski definition) is 3. The molecule has 3 N–H and O–H groups in total. The molecule has 0 saturated carbocycles. The Morgan fingerprint density at radius 1 is 1.09 bits per heavy atom. The van der Waals surface area contributed by atoms with Crippen LogP contribution < -0.4 is 10.7 Å². The van der Waals surface area contributed by atoms with Crippen molar-refractivity contribution in [1.82, 2.24) is 20.7 Å². The normalized spacial score (nSPS) is 6.00. The van der Waals surface area contributed by atoms with Crippen LogP contribution in [0, 0.1) is 0 Å².